The van der Waals surface area contributed by atoms with Gasteiger partial charge < -0.3 is 0 Å². The minimum atomic E-state index is -0.121. The Bertz CT molecular complexity index is 673. The van der Waals surface area contributed by atoms with Crippen molar-refractivity contribution < 1.29 is 4.79 Å². The first-order valence-electron chi connectivity index (χ1n) is 5.24. The molecule has 3 aromatic heterocycles. The Balaban J connectivity index is 2.14. The molecule has 0 atom stereocenters. The van der Waals surface area contributed by atoms with E-state index >= 15 is 0 Å². The van der Waals surface area contributed by atoms with Crippen LogP contribution in [0.15, 0.2) is 55.0 Å². The van der Waals surface area contributed by atoms with Crippen molar-refractivity contribution in [3.63, 3.8) is 0 Å². The summed E-state index contributed by atoms with van der Waals surface area (Å²) in [4.78, 5) is 20.4. The molecule has 3 heterocycles. The number of hydrogen-bond donors (Lipinski definition) is 0. The molecule has 0 aromatic carbocycles. The number of ketones is 1. The van der Waals surface area contributed by atoms with Gasteiger partial charge in [-0.1, -0.05) is 12.1 Å². The fourth-order valence-corrected chi connectivity index (χ4v) is 1.73. The molecule has 4 heteroatoms. The average Bonchev–Trinajstić information content (AvgIpc) is 2.83. The Morgan fingerprint density at radius 3 is 2.76 bits per heavy atom. The van der Waals surface area contributed by atoms with Crippen molar-refractivity contribution in [1.82, 2.24) is 14.4 Å². The summed E-state index contributed by atoms with van der Waals surface area (Å²) in [5, 5.41) is 0. The Morgan fingerprint density at radius 2 is 1.94 bits per heavy atom. The summed E-state index contributed by atoms with van der Waals surface area (Å²) in [7, 11) is 0. The van der Waals surface area contributed by atoms with Gasteiger partial charge in [-0.15, -0.1) is 0 Å². The molecule has 0 aliphatic rings. The Morgan fingerprint density at radius 1 is 1.06 bits per heavy atom. The van der Waals surface area contributed by atoms with Crippen molar-refractivity contribution >= 4 is 11.4 Å². The highest BCUT2D eigenvalue weighted by Crippen LogP contribution is 2.10. The van der Waals surface area contributed by atoms with Gasteiger partial charge in [0, 0.05) is 12.4 Å². The summed E-state index contributed by atoms with van der Waals surface area (Å²) in [6, 6.07) is 10.9. The van der Waals surface area contributed by atoms with Gasteiger partial charge in [0.25, 0.3) is 0 Å². The first-order valence-corrected chi connectivity index (χ1v) is 5.24. The summed E-state index contributed by atoms with van der Waals surface area (Å²) in [5.41, 5.74) is 1.71. The molecule has 3 rings (SSSR count). The van der Waals surface area contributed by atoms with Crippen LogP contribution in [0.5, 0.6) is 0 Å². The van der Waals surface area contributed by atoms with Crippen molar-refractivity contribution in [1.29, 1.82) is 0 Å². The third-order valence-corrected chi connectivity index (χ3v) is 2.55. The van der Waals surface area contributed by atoms with Gasteiger partial charge in [0.1, 0.15) is 17.0 Å². The van der Waals surface area contributed by atoms with Gasteiger partial charge in [0.2, 0.25) is 5.78 Å². The number of aromatic nitrogens is 3. The lowest BCUT2D eigenvalue weighted by Gasteiger charge is -1.99. The van der Waals surface area contributed by atoms with Crippen LogP contribution in [0.1, 0.15) is 16.2 Å². The lowest BCUT2D eigenvalue weighted by molar-refractivity contribution is 0.102. The standard InChI is InChI=1S/C13H9N3O/c17-13(10-5-1-3-7-14-10)11-9-15-12-6-2-4-8-16(11)12/h1-9H. The molecule has 0 bridgehead atoms. The molecule has 0 saturated carbocycles. The Hall–Kier alpha value is -2.49. The van der Waals surface area contributed by atoms with Gasteiger partial charge in [-0.05, 0) is 24.3 Å². The lowest BCUT2D eigenvalue weighted by atomic mass is 10.2. The van der Waals surface area contributed by atoms with Crippen LogP contribution in [-0.2, 0) is 0 Å². The molecule has 0 N–H and O–H groups in total. The van der Waals surface area contributed by atoms with Crippen molar-refractivity contribution in [2.75, 3.05) is 0 Å². The van der Waals surface area contributed by atoms with E-state index in [4.69, 9.17) is 0 Å². The van der Waals surface area contributed by atoms with E-state index in [1.54, 1.807) is 35.0 Å². The number of nitrogens with zero attached hydrogens (tertiary/aromatic N) is 3. The highest BCUT2D eigenvalue weighted by atomic mass is 16.1. The molecule has 17 heavy (non-hydrogen) atoms. The normalized spacial score (nSPS) is 10.6. The van der Waals surface area contributed by atoms with Crippen LogP contribution in [0.2, 0.25) is 0 Å². The number of carbonyl (C=O) groups excluding carboxylic acids is 1. The zero-order chi connectivity index (χ0) is 11.7. The maximum atomic E-state index is 12.2. The van der Waals surface area contributed by atoms with E-state index in [1.165, 1.54) is 0 Å². The van der Waals surface area contributed by atoms with Gasteiger partial charge in [0.15, 0.2) is 0 Å². The van der Waals surface area contributed by atoms with Crippen molar-refractivity contribution in [2.24, 2.45) is 0 Å². The third-order valence-electron chi connectivity index (χ3n) is 2.55. The monoisotopic (exact) mass is 223 g/mol. The number of carbonyl (C=O) groups is 1. The molecule has 0 unspecified atom stereocenters. The zero-order valence-corrected chi connectivity index (χ0v) is 8.95. The first kappa shape index (κ1) is 9.72. The summed E-state index contributed by atoms with van der Waals surface area (Å²) in [6.07, 6.45) is 5.00. The zero-order valence-electron chi connectivity index (χ0n) is 8.95. The smallest absolute Gasteiger partial charge is 0.229 e. The van der Waals surface area contributed by atoms with E-state index in [2.05, 4.69) is 9.97 Å². The Labute approximate surface area is 97.6 Å². The van der Waals surface area contributed by atoms with Crippen LogP contribution >= 0.6 is 0 Å². The molecule has 0 spiro atoms. The lowest BCUT2D eigenvalue weighted by Crippen LogP contribution is -2.06. The molecule has 0 fully saturated rings. The number of rotatable bonds is 2. The van der Waals surface area contributed by atoms with E-state index in [0.717, 1.165) is 5.65 Å². The number of imidazole rings is 1. The SMILES string of the molecule is O=C(c1ccccn1)c1cnc2ccccn12. The van der Waals surface area contributed by atoms with Crippen molar-refractivity contribution in [3.05, 3.63) is 66.4 Å². The fourth-order valence-electron chi connectivity index (χ4n) is 1.73. The summed E-state index contributed by atoms with van der Waals surface area (Å²) in [5.74, 6) is -0.121. The number of pyridine rings is 2. The number of fused-ring (bicyclic) bond motifs is 1. The van der Waals surface area contributed by atoms with Gasteiger partial charge in [0.05, 0.1) is 6.20 Å². The quantitative estimate of drug-likeness (QED) is 0.624. The molecular weight excluding hydrogens is 214 g/mol. The van der Waals surface area contributed by atoms with Crippen molar-refractivity contribution in [3.8, 4) is 0 Å². The van der Waals surface area contributed by atoms with Gasteiger partial charge >= 0.3 is 0 Å². The van der Waals surface area contributed by atoms with Crippen LogP contribution in [0.25, 0.3) is 5.65 Å². The first-order chi connectivity index (χ1) is 8.36. The molecular formula is C13H9N3O. The second kappa shape index (κ2) is 3.83. The minimum Gasteiger partial charge on any atom is -0.297 e. The van der Waals surface area contributed by atoms with E-state index < -0.39 is 0 Å². The maximum absolute atomic E-state index is 12.2. The molecule has 0 aliphatic heterocycles. The molecule has 4 nitrogen and oxygen atoms in total. The van der Waals surface area contributed by atoms with Crippen molar-refractivity contribution in [2.45, 2.75) is 0 Å². The highest BCUT2D eigenvalue weighted by Gasteiger charge is 2.14. The van der Waals surface area contributed by atoms with E-state index in [1.807, 2.05) is 24.4 Å². The minimum absolute atomic E-state index is 0.121. The van der Waals surface area contributed by atoms with E-state index in [-0.39, 0.29) is 5.78 Å². The predicted molar refractivity (Wildman–Crippen MR) is 62.9 cm³/mol. The number of hydrogen-bond acceptors (Lipinski definition) is 3. The van der Waals surface area contributed by atoms with Crippen LogP contribution in [0.3, 0.4) is 0 Å². The Kier molecular flexibility index (Phi) is 2.19. The predicted octanol–water partition coefficient (Wildman–Crippen LogP) is 1.96. The molecule has 82 valence electrons. The van der Waals surface area contributed by atoms with Gasteiger partial charge in [-0.3, -0.25) is 14.2 Å². The van der Waals surface area contributed by atoms with Crippen LogP contribution in [0, 0.1) is 0 Å². The van der Waals surface area contributed by atoms with Crippen LogP contribution < -0.4 is 0 Å². The van der Waals surface area contributed by atoms with Gasteiger partial charge in [-0.25, -0.2) is 4.98 Å². The fraction of sp³-hybridized carbons (Fsp3) is 0. The van der Waals surface area contributed by atoms with Crippen LogP contribution in [0.4, 0.5) is 0 Å². The maximum Gasteiger partial charge on any atom is 0.229 e. The molecule has 0 saturated heterocycles. The average molecular weight is 223 g/mol. The summed E-state index contributed by atoms with van der Waals surface area (Å²) in [6.45, 7) is 0. The topological polar surface area (TPSA) is 47.3 Å². The van der Waals surface area contributed by atoms with E-state index in [0.29, 0.717) is 11.4 Å². The van der Waals surface area contributed by atoms with Crippen LogP contribution in [-0.4, -0.2) is 20.2 Å². The second-order valence-corrected chi connectivity index (χ2v) is 3.62. The van der Waals surface area contributed by atoms with Gasteiger partial charge in [-0.2, -0.15) is 0 Å². The third kappa shape index (κ3) is 1.59. The summed E-state index contributed by atoms with van der Waals surface area (Å²) >= 11 is 0. The molecule has 0 aliphatic carbocycles. The highest BCUT2D eigenvalue weighted by molar-refractivity contribution is 6.06. The second-order valence-electron chi connectivity index (χ2n) is 3.62. The summed E-state index contributed by atoms with van der Waals surface area (Å²) < 4.78 is 1.76. The molecule has 0 amide bonds. The largest absolute Gasteiger partial charge is 0.297 e. The van der Waals surface area contributed by atoms with E-state index in [9.17, 15) is 4.79 Å². The molecule has 3 aromatic rings. The molecule has 0 radical (unpaired) electrons.